The molecule has 0 saturated heterocycles. The van der Waals surface area contributed by atoms with Gasteiger partial charge in [0.25, 0.3) is 0 Å². The molecule has 0 spiro atoms. The summed E-state index contributed by atoms with van der Waals surface area (Å²) in [6, 6.07) is 12.9. The van der Waals surface area contributed by atoms with Crippen molar-refractivity contribution in [2.24, 2.45) is 0 Å². The van der Waals surface area contributed by atoms with E-state index in [1.54, 1.807) is 42.5 Å². The SMILES string of the molecule is Nc1ccc(Cl)c2[nH]c3c4c(ccc3c(=O)c12)C(=O)c1ccccc1C4=O. The Labute approximate surface area is 157 Å². The van der Waals surface area contributed by atoms with E-state index in [0.29, 0.717) is 32.9 Å². The Kier molecular flexibility index (Phi) is 3.09. The summed E-state index contributed by atoms with van der Waals surface area (Å²) in [7, 11) is 0. The molecule has 0 aliphatic heterocycles. The molecule has 0 saturated carbocycles. The quantitative estimate of drug-likeness (QED) is 0.319. The fourth-order valence-electron chi connectivity index (χ4n) is 3.73. The van der Waals surface area contributed by atoms with Gasteiger partial charge >= 0.3 is 0 Å². The molecule has 27 heavy (non-hydrogen) atoms. The molecule has 1 aromatic heterocycles. The maximum atomic E-state index is 13.1. The molecule has 0 amide bonds. The van der Waals surface area contributed by atoms with E-state index in [2.05, 4.69) is 4.98 Å². The highest BCUT2D eigenvalue weighted by Gasteiger charge is 2.31. The molecular weight excluding hydrogens is 364 g/mol. The van der Waals surface area contributed by atoms with Gasteiger partial charge < -0.3 is 10.7 Å². The highest BCUT2D eigenvalue weighted by atomic mass is 35.5. The summed E-state index contributed by atoms with van der Waals surface area (Å²) in [5, 5.41) is 0.867. The first-order valence-corrected chi connectivity index (χ1v) is 8.62. The predicted molar refractivity (Wildman–Crippen MR) is 105 cm³/mol. The normalized spacial score (nSPS) is 13.1. The van der Waals surface area contributed by atoms with Crippen LogP contribution in [0.15, 0.2) is 53.3 Å². The molecule has 0 atom stereocenters. The van der Waals surface area contributed by atoms with Crippen LogP contribution in [-0.4, -0.2) is 16.6 Å². The van der Waals surface area contributed by atoms with Crippen molar-refractivity contribution >= 4 is 50.7 Å². The molecule has 3 N–H and O–H groups in total. The van der Waals surface area contributed by atoms with Gasteiger partial charge in [-0.05, 0) is 24.3 Å². The number of hydrogen-bond acceptors (Lipinski definition) is 4. The van der Waals surface area contributed by atoms with E-state index in [-0.39, 0.29) is 38.9 Å². The van der Waals surface area contributed by atoms with E-state index < -0.39 is 0 Å². The predicted octanol–water partition coefficient (Wildman–Crippen LogP) is 3.69. The molecule has 1 aliphatic rings. The van der Waals surface area contributed by atoms with Gasteiger partial charge in [-0.1, -0.05) is 35.9 Å². The van der Waals surface area contributed by atoms with Crippen LogP contribution in [0.1, 0.15) is 31.8 Å². The fraction of sp³-hybridized carbons (Fsp3) is 0. The second-order valence-electron chi connectivity index (χ2n) is 6.46. The minimum absolute atomic E-state index is 0.189. The maximum Gasteiger partial charge on any atom is 0.199 e. The van der Waals surface area contributed by atoms with E-state index in [4.69, 9.17) is 17.3 Å². The van der Waals surface area contributed by atoms with Gasteiger partial charge in [0.05, 0.1) is 27.0 Å². The Balaban J connectivity index is 1.98. The van der Waals surface area contributed by atoms with Gasteiger partial charge in [-0.3, -0.25) is 14.4 Å². The van der Waals surface area contributed by atoms with Crippen LogP contribution in [0.2, 0.25) is 5.02 Å². The molecule has 1 heterocycles. The Morgan fingerprint density at radius 2 is 1.48 bits per heavy atom. The fourth-order valence-corrected chi connectivity index (χ4v) is 3.93. The number of aromatic amines is 1. The standard InChI is InChI=1S/C21H11ClN2O3/c22-13-7-8-14(23)16-18(13)24-17-12(21(16)27)6-5-11-15(17)20(26)10-4-2-1-3-9(10)19(11)25/h1-8H,23H2,(H,24,27). The molecule has 3 aromatic carbocycles. The first-order valence-electron chi connectivity index (χ1n) is 8.24. The second kappa shape index (κ2) is 5.28. The zero-order valence-corrected chi connectivity index (χ0v) is 14.6. The summed E-state index contributed by atoms with van der Waals surface area (Å²) in [6.45, 7) is 0. The minimum Gasteiger partial charge on any atom is -0.398 e. The summed E-state index contributed by atoms with van der Waals surface area (Å²) in [6.07, 6.45) is 0. The van der Waals surface area contributed by atoms with Crippen LogP contribution in [0.5, 0.6) is 0 Å². The molecule has 1 aliphatic carbocycles. The van der Waals surface area contributed by atoms with Crippen molar-refractivity contribution in [1.29, 1.82) is 0 Å². The zero-order valence-electron chi connectivity index (χ0n) is 13.8. The van der Waals surface area contributed by atoms with E-state index in [0.717, 1.165) is 0 Å². The van der Waals surface area contributed by atoms with Crippen LogP contribution in [0.3, 0.4) is 0 Å². The van der Waals surface area contributed by atoms with Crippen LogP contribution in [0.4, 0.5) is 5.69 Å². The number of nitrogen functional groups attached to an aromatic ring is 1. The van der Waals surface area contributed by atoms with Gasteiger partial charge in [0.15, 0.2) is 17.0 Å². The molecule has 0 bridgehead atoms. The third-order valence-corrected chi connectivity index (χ3v) is 5.32. The summed E-state index contributed by atoms with van der Waals surface area (Å²) in [5.41, 5.74) is 7.71. The number of pyridine rings is 1. The van der Waals surface area contributed by atoms with Gasteiger partial charge in [0.2, 0.25) is 0 Å². The van der Waals surface area contributed by atoms with Crippen molar-refractivity contribution < 1.29 is 9.59 Å². The van der Waals surface area contributed by atoms with Crippen molar-refractivity contribution in [1.82, 2.24) is 4.98 Å². The highest BCUT2D eigenvalue weighted by molar-refractivity contribution is 6.36. The van der Waals surface area contributed by atoms with E-state index >= 15 is 0 Å². The van der Waals surface area contributed by atoms with Gasteiger partial charge in [-0.15, -0.1) is 0 Å². The lowest BCUT2D eigenvalue weighted by molar-refractivity contribution is 0.0980. The molecule has 0 radical (unpaired) electrons. The summed E-state index contributed by atoms with van der Waals surface area (Å²) in [4.78, 5) is 42.1. The number of ketones is 2. The smallest absolute Gasteiger partial charge is 0.199 e. The minimum atomic E-state index is -0.333. The number of carbonyl (C=O) groups is 2. The van der Waals surface area contributed by atoms with Crippen molar-refractivity contribution in [2.75, 3.05) is 5.73 Å². The Morgan fingerprint density at radius 3 is 2.22 bits per heavy atom. The number of aromatic nitrogens is 1. The highest BCUT2D eigenvalue weighted by Crippen LogP contribution is 2.33. The lowest BCUT2D eigenvalue weighted by Crippen LogP contribution is -2.22. The maximum absolute atomic E-state index is 13.1. The Hall–Kier alpha value is -3.44. The first-order chi connectivity index (χ1) is 13.0. The Morgan fingerprint density at radius 1 is 0.778 bits per heavy atom. The first kappa shape index (κ1) is 15.8. The molecule has 6 heteroatoms. The average Bonchev–Trinajstić information content (AvgIpc) is 2.68. The number of halogens is 1. The van der Waals surface area contributed by atoms with Gasteiger partial charge in [0, 0.05) is 27.8 Å². The van der Waals surface area contributed by atoms with E-state index in [1.807, 2.05) is 0 Å². The molecule has 0 unspecified atom stereocenters. The number of H-pyrrole nitrogens is 1. The molecule has 5 rings (SSSR count). The van der Waals surface area contributed by atoms with Crippen molar-refractivity contribution in [3.8, 4) is 0 Å². The van der Waals surface area contributed by atoms with Gasteiger partial charge in [-0.25, -0.2) is 0 Å². The number of carbonyl (C=O) groups excluding carboxylic acids is 2. The molecule has 130 valence electrons. The van der Waals surface area contributed by atoms with Gasteiger partial charge in [-0.2, -0.15) is 0 Å². The lowest BCUT2D eigenvalue weighted by Gasteiger charge is -2.19. The third kappa shape index (κ3) is 1.97. The van der Waals surface area contributed by atoms with Crippen molar-refractivity contribution in [3.05, 3.63) is 86.0 Å². The number of nitrogens with two attached hydrogens (primary N) is 1. The second-order valence-corrected chi connectivity index (χ2v) is 6.86. The number of hydrogen-bond donors (Lipinski definition) is 2. The average molecular weight is 375 g/mol. The number of rotatable bonds is 0. The molecule has 4 aromatic rings. The van der Waals surface area contributed by atoms with Crippen LogP contribution in [-0.2, 0) is 0 Å². The van der Waals surface area contributed by atoms with E-state index in [1.165, 1.54) is 6.07 Å². The van der Waals surface area contributed by atoms with Crippen molar-refractivity contribution in [2.45, 2.75) is 0 Å². The topological polar surface area (TPSA) is 93.0 Å². The largest absolute Gasteiger partial charge is 0.398 e. The number of benzene rings is 3. The molecular formula is C21H11ClN2O3. The summed E-state index contributed by atoms with van der Waals surface area (Å²) < 4.78 is 0. The Bertz CT molecular complexity index is 1400. The zero-order chi connectivity index (χ0) is 18.9. The number of nitrogens with one attached hydrogen (secondary N) is 1. The lowest BCUT2D eigenvalue weighted by atomic mass is 9.82. The van der Waals surface area contributed by atoms with Crippen LogP contribution < -0.4 is 11.2 Å². The van der Waals surface area contributed by atoms with Crippen LogP contribution in [0.25, 0.3) is 21.8 Å². The van der Waals surface area contributed by atoms with Crippen molar-refractivity contribution in [3.63, 3.8) is 0 Å². The molecule has 5 nitrogen and oxygen atoms in total. The third-order valence-electron chi connectivity index (χ3n) is 5.00. The number of anilines is 1. The van der Waals surface area contributed by atoms with Crippen LogP contribution in [0, 0.1) is 0 Å². The van der Waals surface area contributed by atoms with E-state index in [9.17, 15) is 14.4 Å². The molecule has 0 fully saturated rings. The monoisotopic (exact) mass is 374 g/mol. The summed E-state index contributed by atoms with van der Waals surface area (Å²) >= 11 is 6.25. The number of fused-ring (bicyclic) bond motifs is 5. The van der Waals surface area contributed by atoms with Gasteiger partial charge in [0.1, 0.15) is 0 Å². The summed E-state index contributed by atoms with van der Waals surface area (Å²) in [5.74, 6) is -0.553. The van der Waals surface area contributed by atoms with Crippen LogP contribution >= 0.6 is 11.6 Å².